The van der Waals surface area contributed by atoms with Gasteiger partial charge >= 0.3 is 0 Å². The summed E-state index contributed by atoms with van der Waals surface area (Å²) in [5.41, 5.74) is 0. The SMILES string of the molecule is O=C(CCC1CC1)CCC1CC1. The molecule has 0 bridgehead atoms. The van der Waals surface area contributed by atoms with Crippen LogP contribution in [0.1, 0.15) is 51.4 Å². The van der Waals surface area contributed by atoms with Gasteiger partial charge in [-0.2, -0.15) is 0 Å². The minimum atomic E-state index is 0.522. The van der Waals surface area contributed by atoms with Gasteiger partial charge in [-0.05, 0) is 24.7 Å². The molecule has 0 N–H and O–H groups in total. The van der Waals surface area contributed by atoms with Gasteiger partial charge in [0.05, 0.1) is 0 Å². The Labute approximate surface area is 74.5 Å². The van der Waals surface area contributed by atoms with Gasteiger partial charge in [0, 0.05) is 12.8 Å². The topological polar surface area (TPSA) is 17.1 Å². The lowest BCUT2D eigenvalue weighted by Gasteiger charge is -1.98. The molecule has 0 aromatic heterocycles. The second-order valence-electron chi connectivity index (χ2n) is 4.50. The number of carbonyl (C=O) groups excluding carboxylic acids is 1. The van der Waals surface area contributed by atoms with Crippen molar-refractivity contribution in [3.63, 3.8) is 0 Å². The van der Waals surface area contributed by atoms with E-state index in [1.165, 1.54) is 38.5 Å². The predicted molar refractivity (Wildman–Crippen MR) is 48.9 cm³/mol. The van der Waals surface area contributed by atoms with Crippen molar-refractivity contribution in [1.82, 2.24) is 0 Å². The Hall–Kier alpha value is -0.330. The van der Waals surface area contributed by atoms with Crippen LogP contribution in [0, 0.1) is 11.8 Å². The van der Waals surface area contributed by atoms with E-state index >= 15 is 0 Å². The van der Waals surface area contributed by atoms with Crippen LogP contribution in [0.5, 0.6) is 0 Å². The minimum absolute atomic E-state index is 0.522. The van der Waals surface area contributed by atoms with E-state index in [1.807, 2.05) is 0 Å². The summed E-state index contributed by atoms with van der Waals surface area (Å²) in [7, 11) is 0. The molecule has 2 saturated carbocycles. The lowest BCUT2D eigenvalue weighted by molar-refractivity contribution is -0.119. The van der Waals surface area contributed by atoms with Crippen LogP contribution in [-0.4, -0.2) is 5.78 Å². The molecule has 0 aromatic carbocycles. The van der Waals surface area contributed by atoms with Crippen molar-refractivity contribution in [1.29, 1.82) is 0 Å². The van der Waals surface area contributed by atoms with Crippen LogP contribution in [-0.2, 0) is 4.79 Å². The van der Waals surface area contributed by atoms with Gasteiger partial charge in [0.15, 0.2) is 0 Å². The van der Waals surface area contributed by atoms with Crippen LogP contribution in [0.25, 0.3) is 0 Å². The van der Waals surface area contributed by atoms with Crippen molar-refractivity contribution in [2.75, 3.05) is 0 Å². The molecular formula is C11H18O. The molecule has 68 valence electrons. The Kier molecular flexibility index (Phi) is 2.48. The molecule has 0 atom stereocenters. The largest absolute Gasteiger partial charge is 0.300 e. The van der Waals surface area contributed by atoms with E-state index in [0.29, 0.717) is 5.78 Å². The molecular weight excluding hydrogens is 148 g/mol. The number of carbonyl (C=O) groups is 1. The number of hydrogen-bond donors (Lipinski definition) is 0. The minimum Gasteiger partial charge on any atom is -0.300 e. The van der Waals surface area contributed by atoms with E-state index in [-0.39, 0.29) is 0 Å². The molecule has 2 aliphatic rings. The van der Waals surface area contributed by atoms with Gasteiger partial charge in [-0.3, -0.25) is 4.79 Å². The molecule has 1 heteroatoms. The Morgan fingerprint density at radius 3 is 1.67 bits per heavy atom. The highest BCUT2D eigenvalue weighted by Gasteiger charge is 2.24. The summed E-state index contributed by atoms with van der Waals surface area (Å²) in [5.74, 6) is 2.37. The zero-order valence-electron chi connectivity index (χ0n) is 7.72. The Bertz CT molecular complexity index is 148. The fourth-order valence-corrected chi connectivity index (χ4v) is 1.67. The van der Waals surface area contributed by atoms with E-state index in [1.54, 1.807) is 0 Å². The molecule has 0 aromatic rings. The summed E-state index contributed by atoms with van der Waals surface area (Å²) in [6, 6.07) is 0. The van der Waals surface area contributed by atoms with Crippen molar-refractivity contribution < 1.29 is 4.79 Å². The van der Waals surface area contributed by atoms with Crippen molar-refractivity contribution in [3.8, 4) is 0 Å². The summed E-state index contributed by atoms with van der Waals surface area (Å²) in [6.45, 7) is 0. The summed E-state index contributed by atoms with van der Waals surface area (Å²) >= 11 is 0. The van der Waals surface area contributed by atoms with Crippen LogP contribution in [0.4, 0.5) is 0 Å². The fourth-order valence-electron chi connectivity index (χ4n) is 1.67. The first-order valence-electron chi connectivity index (χ1n) is 5.36. The van der Waals surface area contributed by atoms with Gasteiger partial charge < -0.3 is 0 Å². The average molecular weight is 166 g/mol. The molecule has 0 spiro atoms. The summed E-state index contributed by atoms with van der Waals surface area (Å²) in [4.78, 5) is 11.3. The van der Waals surface area contributed by atoms with E-state index in [2.05, 4.69) is 0 Å². The van der Waals surface area contributed by atoms with Gasteiger partial charge in [-0.15, -0.1) is 0 Å². The molecule has 2 rings (SSSR count). The second-order valence-corrected chi connectivity index (χ2v) is 4.50. The van der Waals surface area contributed by atoms with Crippen LogP contribution in [0.2, 0.25) is 0 Å². The number of ketones is 1. The fraction of sp³-hybridized carbons (Fsp3) is 0.909. The van der Waals surface area contributed by atoms with Gasteiger partial charge in [-0.1, -0.05) is 25.7 Å². The molecule has 1 nitrogen and oxygen atoms in total. The van der Waals surface area contributed by atoms with Gasteiger partial charge in [0.1, 0.15) is 5.78 Å². The lowest BCUT2D eigenvalue weighted by Crippen LogP contribution is -1.98. The molecule has 0 aliphatic heterocycles. The molecule has 12 heavy (non-hydrogen) atoms. The standard InChI is InChI=1S/C11H18O/c12-11(7-5-9-1-2-9)8-6-10-3-4-10/h9-10H,1-8H2. The average Bonchev–Trinajstić information content (AvgIpc) is 2.89. The maximum atomic E-state index is 11.3. The van der Waals surface area contributed by atoms with E-state index < -0.39 is 0 Å². The number of hydrogen-bond acceptors (Lipinski definition) is 1. The molecule has 0 amide bonds. The van der Waals surface area contributed by atoms with Crippen molar-refractivity contribution >= 4 is 5.78 Å². The van der Waals surface area contributed by atoms with Gasteiger partial charge in [0.25, 0.3) is 0 Å². The number of Topliss-reactive ketones (excluding diaryl/α,β-unsaturated/α-hetero) is 1. The Morgan fingerprint density at radius 2 is 1.33 bits per heavy atom. The maximum absolute atomic E-state index is 11.3. The van der Waals surface area contributed by atoms with Crippen LogP contribution < -0.4 is 0 Å². The van der Waals surface area contributed by atoms with E-state index in [4.69, 9.17) is 0 Å². The van der Waals surface area contributed by atoms with Crippen molar-refractivity contribution in [2.24, 2.45) is 11.8 Å². The van der Waals surface area contributed by atoms with Crippen molar-refractivity contribution in [2.45, 2.75) is 51.4 Å². The van der Waals surface area contributed by atoms with E-state index in [9.17, 15) is 4.79 Å². The smallest absolute Gasteiger partial charge is 0.132 e. The van der Waals surface area contributed by atoms with Crippen LogP contribution in [0.3, 0.4) is 0 Å². The quantitative estimate of drug-likeness (QED) is 0.593. The number of rotatable bonds is 6. The first kappa shape index (κ1) is 8.28. The van der Waals surface area contributed by atoms with Crippen LogP contribution in [0.15, 0.2) is 0 Å². The van der Waals surface area contributed by atoms with Gasteiger partial charge in [-0.25, -0.2) is 0 Å². The van der Waals surface area contributed by atoms with E-state index in [0.717, 1.165) is 24.7 Å². The summed E-state index contributed by atoms with van der Waals surface area (Å²) in [5, 5.41) is 0. The maximum Gasteiger partial charge on any atom is 0.132 e. The normalized spacial score (nSPS) is 22.7. The van der Waals surface area contributed by atoms with Gasteiger partial charge in [0.2, 0.25) is 0 Å². The van der Waals surface area contributed by atoms with Crippen LogP contribution >= 0.6 is 0 Å². The van der Waals surface area contributed by atoms with Crippen molar-refractivity contribution in [3.05, 3.63) is 0 Å². The summed E-state index contributed by atoms with van der Waals surface area (Å²) < 4.78 is 0. The molecule has 2 fully saturated rings. The third-order valence-electron chi connectivity index (χ3n) is 3.06. The first-order valence-corrected chi connectivity index (χ1v) is 5.36. The lowest BCUT2D eigenvalue weighted by atomic mass is 10.1. The Balaban J connectivity index is 1.50. The molecule has 2 aliphatic carbocycles. The Morgan fingerprint density at radius 1 is 0.917 bits per heavy atom. The molecule has 0 unspecified atom stereocenters. The predicted octanol–water partition coefficient (Wildman–Crippen LogP) is 2.94. The third-order valence-corrected chi connectivity index (χ3v) is 3.06. The zero-order valence-corrected chi connectivity index (χ0v) is 7.72. The highest BCUT2D eigenvalue weighted by atomic mass is 16.1. The molecule has 0 saturated heterocycles. The second kappa shape index (κ2) is 3.59. The highest BCUT2D eigenvalue weighted by Crippen LogP contribution is 2.35. The monoisotopic (exact) mass is 166 g/mol. The first-order chi connectivity index (χ1) is 5.84. The summed E-state index contributed by atoms with van der Waals surface area (Å²) in [6.07, 6.45) is 9.65. The third kappa shape index (κ3) is 2.96. The molecule has 0 radical (unpaired) electrons. The molecule has 0 heterocycles. The highest BCUT2D eigenvalue weighted by molar-refractivity contribution is 5.78. The zero-order chi connectivity index (χ0) is 8.39.